The zero-order chi connectivity index (χ0) is 23.8. The Balaban J connectivity index is 1.64. The van der Waals surface area contributed by atoms with Crippen molar-refractivity contribution in [3.05, 3.63) is 106 Å². The standard InChI is InChI=1S/C27H23ClN4OS/c1-16-4-8-19(9-5-16)24-23(26-30-25(31-33-26)20-10-12-21(28)13-11-20)18(3)32(27(34)29-24)22-14-6-17(2)7-15-22/h4-15,24H,1-3H3,(H,29,34). The maximum absolute atomic E-state index is 6.04. The fourth-order valence-electron chi connectivity index (χ4n) is 4.08. The summed E-state index contributed by atoms with van der Waals surface area (Å²) in [7, 11) is 0. The molecule has 1 aliphatic heterocycles. The minimum atomic E-state index is -0.228. The molecule has 0 fully saturated rings. The van der Waals surface area contributed by atoms with Crippen molar-refractivity contribution in [3.8, 4) is 11.4 Å². The fourth-order valence-corrected chi connectivity index (χ4v) is 4.57. The Labute approximate surface area is 209 Å². The van der Waals surface area contributed by atoms with Gasteiger partial charge in [-0.25, -0.2) is 0 Å². The topological polar surface area (TPSA) is 54.2 Å². The highest BCUT2D eigenvalue weighted by Gasteiger charge is 2.34. The molecule has 5 rings (SSSR count). The lowest BCUT2D eigenvalue weighted by Gasteiger charge is -2.37. The van der Waals surface area contributed by atoms with Crippen LogP contribution in [-0.4, -0.2) is 15.3 Å². The van der Waals surface area contributed by atoms with Crippen LogP contribution in [0, 0.1) is 13.8 Å². The van der Waals surface area contributed by atoms with Crippen molar-refractivity contribution >= 4 is 40.2 Å². The second-order valence-electron chi connectivity index (χ2n) is 8.39. The van der Waals surface area contributed by atoms with E-state index in [-0.39, 0.29) is 6.04 Å². The number of rotatable bonds is 4. The summed E-state index contributed by atoms with van der Waals surface area (Å²) in [6.07, 6.45) is 0. The summed E-state index contributed by atoms with van der Waals surface area (Å²) < 4.78 is 5.81. The van der Waals surface area contributed by atoms with Crippen LogP contribution in [0.3, 0.4) is 0 Å². The summed E-state index contributed by atoms with van der Waals surface area (Å²) in [5, 5.41) is 9.03. The van der Waals surface area contributed by atoms with E-state index in [0.717, 1.165) is 28.1 Å². The Morgan fingerprint density at radius 1 is 0.882 bits per heavy atom. The van der Waals surface area contributed by atoms with Crippen LogP contribution in [0.4, 0.5) is 5.69 Å². The third kappa shape index (κ3) is 4.22. The third-order valence-corrected chi connectivity index (χ3v) is 6.50. The molecule has 34 heavy (non-hydrogen) atoms. The monoisotopic (exact) mass is 486 g/mol. The maximum Gasteiger partial charge on any atom is 0.258 e. The zero-order valence-corrected chi connectivity index (χ0v) is 20.6. The first-order valence-corrected chi connectivity index (χ1v) is 11.7. The number of nitrogens with zero attached hydrogens (tertiary/aromatic N) is 3. The number of allylic oxidation sites excluding steroid dienone is 1. The van der Waals surface area contributed by atoms with Gasteiger partial charge in [0, 0.05) is 22.0 Å². The highest BCUT2D eigenvalue weighted by atomic mass is 35.5. The summed E-state index contributed by atoms with van der Waals surface area (Å²) in [4.78, 5) is 6.77. The SMILES string of the molecule is CC1=C(c2nc(-c3ccc(Cl)cc3)no2)C(c2ccc(C)cc2)NC(=S)N1c1ccc(C)cc1. The van der Waals surface area contributed by atoms with Crippen LogP contribution in [0.15, 0.2) is 83.0 Å². The summed E-state index contributed by atoms with van der Waals surface area (Å²) >= 11 is 11.9. The van der Waals surface area contributed by atoms with Crippen molar-refractivity contribution in [1.82, 2.24) is 15.5 Å². The van der Waals surface area contributed by atoms with Gasteiger partial charge in [0.05, 0.1) is 11.6 Å². The Hall–Kier alpha value is -3.48. The number of nitrogens with one attached hydrogen (secondary N) is 1. The molecule has 4 aromatic rings. The van der Waals surface area contributed by atoms with Crippen LogP contribution in [-0.2, 0) is 0 Å². The largest absolute Gasteiger partial charge is 0.351 e. The second-order valence-corrected chi connectivity index (χ2v) is 9.22. The van der Waals surface area contributed by atoms with E-state index < -0.39 is 0 Å². The maximum atomic E-state index is 6.04. The number of hydrogen-bond donors (Lipinski definition) is 1. The van der Waals surface area contributed by atoms with Gasteiger partial charge in [0.25, 0.3) is 5.89 Å². The van der Waals surface area contributed by atoms with Gasteiger partial charge in [0.2, 0.25) is 5.82 Å². The molecule has 0 spiro atoms. The van der Waals surface area contributed by atoms with Gasteiger partial charge in [-0.2, -0.15) is 4.98 Å². The smallest absolute Gasteiger partial charge is 0.258 e. The number of thiocarbonyl (C=S) groups is 1. The summed E-state index contributed by atoms with van der Waals surface area (Å²) in [5.41, 5.74) is 7.06. The zero-order valence-electron chi connectivity index (χ0n) is 19.0. The molecule has 2 heterocycles. The first-order chi connectivity index (χ1) is 16.4. The average Bonchev–Trinajstić information content (AvgIpc) is 3.30. The molecule has 1 N–H and O–H groups in total. The molecule has 1 aliphatic rings. The fraction of sp³-hybridized carbons (Fsp3) is 0.148. The number of anilines is 1. The van der Waals surface area contributed by atoms with Crippen molar-refractivity contribution in [2.75, 3.05) is 4.90 Å². The highest BCUT2D eigenvalue weighted by Crippen LogP contribution is 2.39. The Morgan fingerprint density at radius 2 is 1.50 bits per heavy atom. The second kappa shape index (κ2) is 9.05. The number of aromatic nitrogens is 2. The van der Waals surface area contributed by atoms with E-state index >= 15 is 0 Å². The van der Waals surface area contributed by atoms with Gasteiger partial charge in [0.15, 0.2) is 5.11 Å². The van der Waals surface area contributed by atoms with Gasteiger partial charge in [-0.05, 0) is 75.0 Å². The number of aryl methyl sites for hydroxylation is 2. The molecule has 0 amide bonds. The van der Waals surface area contributed by atoms with Gasteiger partial charge < -0.3 is 9.84 Å². The van der Waals surface area contributed by atoms with Gasteiger partial charge in [-0.3, -0.25) is 4.90 Å². The molecule has 0 aliphatic carbocycles. The van der Waals surface area contributed by atoms with Gasteiger partial charge >= 0.3 is 0 Å². The van der Waals surface area contributed by atoms with Crippen molar-refractivity contribution < 1.29 is 4.52 Å². The van der Waals surface area contributed by atoms with Gasteiger partial charge in [-0.15, -0.1) is 0 Å². The van der Waals surface area contributed by atoms with E-state index in [1.54, 1.807) is 0 Å². The molecule has 5 nitrogen and oxygen atoms in total. The quantitative estimate of drug-likeness (QED) is 0.317. The van der Waals surface area contributed by atoms with Crippen molar-refractivity contribution in [2.24, 2.45) is 0 Å². The van der Waals surface area contributed by atoms with E-state index in [9.17, 15) is 0 Å². The Kier molecular flexibility index (Phi) is 5.94. The summed E-state index contributed by atoms with van der Waals surface area (Å²) in [6, 6.07) is 23.8. The summed E-state index contributed by atoms with van der Waals surface area (Å²) in [5.74, 6) is 0.949. The lowest BCUT2D eigenvalue weighted by molar-refractivity contribution is 0.404. The normalized spacial score (nSPS) is 16.1. The predicted molar refractivity (Wildman–Crippen MR) is 141 cm³/mol. The number of benzene rings is 3. The van der Waals surface area contributed by atoms with Gasteiger partial charge in [0.1, 0.15) is 0 Å². The van der Waals surface area contributed by atoms with Crippen LogP contribution in [0.5, 0.6) is 0 Å². The van der Waals surface area contributed by atoms with Crippen LogP contribution in [0.1, 0.15) is 35.5 Å². The van der Waals surface area contributed by atoms with Crippen molar-refractivity contribution in [1.29, 1.82) is 0 Å². The third-order valence-electron chi connectivity index (χ3n) is 5.95. The number of halogens is 1. The van der Waals surface area contributed by atoms with E-state index in [1.165, 1.54) is 11.1 Å². The molecule has 0 bridgehead atoms. The summed E-state index contributed by atoms with van der Waals surface area (Å²) in [6.45, 7) is 6.17. The molecule has 1 atom stereocenters. The molecule has 170 valence electrons. The first-order valence-electron chi connectivity index (χ1n) is 11.0. The van der Waals surface area contributed by atoms with E-state index in [2.05, 4.69) is 72.9 Å². The predicted octanol–water partition coefficient (Wildman–Crippen LogP) is 6.87. The van der Waals surface area contributed by atoms with Gasteiger partial charge in [-0.1, -0.05) is 64.3 Å². The molecular weight excluding hydrogens is 464 g/mol. The highest BCUT2D eigenvalue weighted by molar-refractivity contribution is 7.80. The molecule has 0 radical (unpaired) electrons. The molecule has 0 saturated heterocycles. The molecule has 1 aromatic heterocycles. The molecule has 0 saturated carbocycles. The van der Waals surface area contributed by atoms with Crippen molar-refractivity contribution in [3.63, 3.8) is 0 Å². The molecule has 7 heteroatoms. The first kappa shape index (κ1) is 22.3. The van der Waals surface area contributed by atoms with Crippen molar-refractivity contribution in [2.45, 2.75) is 26.8 Å². The lowest BCUT2D eigenvalue weighted by atomic mass is 9.94. The molecule has 1 unspecified atom stereocenters. The van der Waals surface area contributed by atoms with E-state index in [0.29, 0.717) is 21.9 Å². The Bertz CT molecular complexity index is 1380. The van der Waals surface area contributed by atoms with E-state index in [1.807, 2.05) is 36.1 Å². The van der Waals surface area contributed by atoms with E-state index in [4.69, 9.17) is 33.3 Å². The lowest BCUT2D eigenvalue weighted by Crippen LogP contribution is -2.46. The number of hydrogen-bond acceptors (Lipinski definition) is 4. The van der Waals surface area contributed by atoms with Crippen LogP contribution in [0.2, 0.25) is 5.02 Å². The average molecular weight is 487 g/mol. The Morgan fingerprint density at radius 3 is 2.15 bits per heavy atom. The minimum absolute atomic E-state index is 0.228. The van der Waals surface area contributed by atoms with Crippen LogP contribution >= 0.6 is 23.8 Å². The molecule has 3 aromatic carbocycles. The van der Waals surface area contributed by atoms with Crippen LogP contribution < -0.4 is 10.2 Å². The van der Waals surface area contributed by atoms with Crippen LogP contribution in [0.25, 0.3) is 17.0 Å². The minimum Gasteiger partial charge on any atom is -0.351 e. The molecular formula is C27H23ClN4OS.